The molecule has 0 spiro atoms. The number of hydrogen-bond donors (Lipinski definition) is 0. The van der Waals surface area contributed by atoms with Gasteiger partial charge in [0.15, 0.2) is 0 Å². The number of hydrogen-bond acceptors (Lipinski definition) is 1. The van der Waals surface area contributed by atoms with Gasteiger partial charge in [0.2, 0.25) is 0 Å². The maximum absolute atomic E-state index is 6.31. The number of aryl methyl sites for hydroxylation is 2. The molecule has 19 heavy (non-hydrogen) atoms. The molecule has 1 heterocycles. The summed E-state index contributed by atoms with van der Waals surface area (Å²) in [4.78, 5) is 0. The van der Waals surface area contributed by atoms with Crippen LogP contribution in [0.3, 0.4) is 0 Å². The predicted molar refractivity (Wildman–Crippen MR) is 87.3 cm³/mol. The van der Waals surface area contributed by atoms with Crippen molar-refractivity contribution in [3.8, 4) is 0 Å². The number of rotatable bonds is 4. The summed E-state index contributed by atoms with van der Waals surface area (Å²) in [6.45, 7) is 2.01. The molecule has 0 bridgehead atoms. The fourth-order valence-corrected chi connectivity index (χ4v) is 3.27. The van der Waals surface area contributed by atoms with Crippen LogP contribution in [-0.4, -0.2) is 15.1 Å². The summed E-state index contributed by atoms with van der Waals surface area (Å²) in [7, 11) is 1.88. The molecule has 0 saturated carbocycles. The molecule has 1 aromatic heterocycles. The molecule has 0 fully saturated rings. The van der Waals surface area contributed by atoms with Crippen LogP contribution >= 0.6 is 43.5 Å². The second-order valence-electron chi connectivity index (χ2n) is 4.59. The third-order valence-corrected chi connectivity index (χ3v) is 5.03. The van der Waals surface area contributed by atoms with Crippen LogP contribution in [0.25, 0.3) is 0 Å². The summed E-state index contributed by atoms with van der Waals surface area (Å²) in [6.07, 6.45) is 0.894. The van der Waals surface area contributed by atoms with E-state index < -0.39 is 0 Å². The molecule has 2 aromatic rings. The highest BCUT2D eigenvalue weighted by atomic mass is 79.9. The maximum atomic E-state index is 6.31. The molecule has 0 aliphatic carbocycles. The maximum Gasteiger partial charge on any atom is 0.130 e. The van der Waals surface area contributed by atoms with E-state index in [0.717, 1.165) is 32.6 Å². The molecule has 1 atom stereocenters. The average Bonchev–Trinajstić information content (AvgIpc) is 2.63. The van der Waals surface area contributed by atoms with Crippen LogP contribution in [0.1, 0.15) is 22.7 Å². The van der Waals surface area contributed by atoms with Gasteiger partial charge in [0.25, 0.3) is 0 Å². The van der Waals surface area contributed by atoms with Crippen LogP contribution in [0, 0.1) is 6.92 Å². The highest BCUT2D eigenvalue weighted by molar-refractivity contribution is 9.10. The zero-order valence-corrected chi connectivity index (χ0v) is 14.8. The normalized spacial score (nSPS) is 12.7. The molecular formula is C14H15Br2ClN2. The zero-order chi connectivity index (χ0) is 14.0. The van der Waals surface area contributed by atoms with Crippen molar-refractivity contribution < 1.29 is 0 Å². The molecule has 5 heteroatoms. The Morgan fingerprint density at radius 2 is 1.95 bits per heavy atom. The Balaban J connectivity index is 2.26. The van der Waals surface area contributed by atoms with E-state index in [0.29, 0.717) is 5.92 Å². The SMILES string of the molecule is Cc1nn(C)c(Cl)c1CC(CBr)c1ccc(Br)cc1. The minimum atomic E-state index is 0.397. The van der Waals surface area contributed by atoms with Gasteiger partial charge < -0.3 is 0 Å². The van der Waals surface area contributed by atoms with Crippen molar-refractivity contribution in [2.24, 2.45) is 7.05 Å². The Morgan fingerprint density at radius 1 is 1.32 bits per heavy atom. The Morgan fingerprint density at radius 3 is 2.42 bits per heavy atom. The van der Waals surface area contributed by atoms with Gasteiger partial charge in [0.1, 0.15) is 5.15 Å². The van der Waals surface area contributed by atoms with E-state index in [2.05, 4.69) is 61.2 Å². The van der Waals surface area contributed by atoms with E-state index in [1.54, 1.807) is 4.68 Å². The second-order valence-corrected chi connectivity index (χ2v) is 6.51. The Labute approximate surface area is 135 Å². The summed E-state index contributed by atoms with van der Waals surface area (Å²) < 4.78 is 2.83. The lowest BCUT2D eigenvalue weighted by atomic mass is 9.94. The molecule has 2 rings (SSSR count). The molecule has 0 saturated heterocycles. The van der Waals surface area contributed by atoms with Crippen molar-refractivity contribution >= 4 is 43.5 Å². The molecule has 1 unspecified atom stereocenters. The van der Waals surface area contributed by atoms with Crippen LogP contribution in [-0.2, 0) is 13.5 Å². The topological polar surface area (TPSA) is 17.8 Å². The summed E-state index contributed by atoms with van der Waals surface area (Å²) in [5, 5.41) is 6.01. The van der Waals surface area contributed by atoms with Gasteiger partial charge in [-0.2, -0.15) is 5.10 Å². The second kappa shape index (κ2) is 6.42. The van der Waals surface area contributed by atoms with E-state index >= 15 is 0 Å². The summed E-state index contributed by atoms with van der Waals surface area (Å²) in [5.41, 5.74) is 3.45. The molecular weight excluding hydrogens is 391 g/mol. The lowest BCUT2D eigenvalue weighted by molar-refractivity contribution is 0.755. The first-order valence-corrected chi connectivity index (χ1v) is 8.31. The third kappa shape index (κ3) is 3.41. The van der Waals surface area contributed by atoms with Crippen LogP contribution in [0.4, 0.5) is 0 Å². The van der Waals surface area contributed by atoms with Gasteiger partial charge in [-0.3, -0.25) is 4.68 Å². The number of nitrogens with zero attached hydrogens (tertiary/aromatic N) is 2. The molecule has 0 aliphatic heterocycles. The Bertz CT molecular complexity index is 564. The first-order chi connectivity index (χ1) is 9.02. The number of halogens is 3. The fraction of sp³-hybridized carbons (Fsp3) is 0.357. The monoisotopic (exact) mass is 404 g/mol. The van der Waals surface area contributed by atoms with Gasteiger partial charge in [-0.1, -0.05) is 55.6 Å². The lowest BCUT2D eigenvalue weighted by Gasteiger charge is -2.14. The van der Waals surface area contributed by atoms with E-state index in [4.69, 9.17) is 11.6 Å². The highest BCUT2D eigenvalue weighted by Gasteiger charge is 2.18. The quantitative estimate of drug-likeness (QED) is 0.663. The average molecular weight is 407 g/mol. The summed E-state index contributed by atoms with van der Waals surface area (Å²) in [5.74, 6) is 0.397. The van der Waals surface area contributed by atoms with Gasteiger partial charge in [-0.25, -0.2) is 0 Å². The molecule has 102 valence electrons. The molecule has 1 aromatic carbocycles. The Kier molecular flexibility index (Phi) is 5.09. The standard InChI is InChI=1S/C14H15Br2ClN2/c1-9-13(14(17)19(2)18-9)7-11(8-15)10-3-5-12(16)6-4-10/h3-6,11H,7-8H2,1-2H3. The van der Waals surface area contributed by atoms with Gasteiger partial charge in [-0.05, 0) is 37.0 Å². The van der Waals surface area contributed by atoms with E-state index in [1.165, 1.54) is 5.56 Å². The molecule has 0 radical (unpaired) electrons. The van der Waals surface area contributed by atoms with Crippen LogP contribution < -0.4 is 0 Å². The fourth-order valence-electron chi connectivity index (χ4n) is 2.15. The van der Waals surface area contributed by atoms with Gasteiger partial charge in [0.05, 0.1) is 5.69 Å². The van der Waals surface area contributed by atoms with Crippen molar-refractivity contribution in [2.45, 2.75) is 19.3 Å². The largest absolute Gasteiger partial charge is 0.257 e. The van der Waals surface area contributed by atoms with Crippen LogP contribution in [0.5, 0.6) is 0 Å². The molecule has 0 N–H and O–H groups in total. The Hall–Kier alpha value is -0.320. The molecule has 2 nitrogen and oxygen atoms in total. The first kappa shape index (κ1) is 15.1. The van der Waals surface area contributed by atoms with Crippen molar-refractivity contribution in [1.29, 1.82) is 0 Å². The van der Waals surface area contributed by atoms with Crippen molar-refractivity contribution in [2.75, 3.05) is 5.33 Å². The predicted octanol–water partition coefficient (Wildman–Crippen LogP) is 4.87. The highest BCUT2D eigenvalue weighted by Crippen LogP contribution is 2.29. The first-order valence-electron chi connectivity index (χ1n) is 6.02. The smallest absolute Gasteiger partial charge is 0.130 e. The summed E-state index contributed by atoms with van der Waals surface area (Å²) in [6, 6.07) is 8.44. The lowest BCUT2D eigenvalue weighted by Crippen LogP contribution is -2.05. The third-order valence-electron chi connectivity index (χ3n) is 3.25. The molecule has 0 aliphatic rings. The number of benzene rings is 1. The van der Waals surface area contributed by atoms with Gasteiger partial charge >= 0.3 is 0 Å². The van der Waals surface area contributed by atoms with Crippen LogP contribution in [0.15, 0.2) is 28.7 Å². The number of alkyl halides is 1. The van der Waals surface area contributed by atoms with Crippen molar-refractivity contribution in [1.82, 2.24) is 9.78 Å². The summed E-state index contributed by atoms with van der Waals surface area (Å²) >= 11 is 13.4. The van der Waals surface area contributed by atoms with Crippen LogP contribution in [0.2, 0.25) is 5.15 Å². The van der Waals surface area contributed by atoms with E-state index in [-0.39, 0.29) is 0 Å². The van der Waals surface area contributed by atoms with Gasteiger partial charge in [-0.15, -0.1) is 0 Å². The number of aromatic nitrogens is 2. The van der Waals surface area contributed by atoms with E-state index in [9.17, 15) is 0 Å². The minimum Gasteiger partial charge on any atom is -0.257 e. The zero-order valence-electron chi connectivity index (χ0n) is 10.8. The van der Waals surface area contributed by atoms with Crippen molar-refractivity contribution in [3.63, 3.8) is 0 Å². The van der Waals surface area contributed by atoms with Crippen molar-refractivity contribution in [3.05, 3.63) is 50.7 Å². The van der Waals surface area contributed by atoms with E-state index in [1.807, 2.05) is 14.0 Å². The molecule has 0 amide bonds. The minimum absolute atomic E-state index is 0.397. The van der Waals surface area contributed by atoms with Gasteiger partial charge in [0, 0.05) is 22.4 Å².